The van der Waals surface area contributed by atoms with Crippen LogP contribution in [0.15, 0.2) is 28.7 Å². The maximum absolute atomic E-state index is 9.22. The van der Waals surface area contributed by atoms with E-state index >= 15 is 0 Å². The monoisotopic (exact) mass is 257 g/mol. The van der Waals surface area contributed by atoms with Gasteiger partial charge in [0.25, 0.3) is 0 Å². The first-order valence-corrected chi connectivity index (χ1v) is 5.39. The molecule has 0 amide bonds. The molecule has 0 saturated carbocycles. The smallest absolute Gasteiger partial charge is 0.0500 e. The molecule has 0 heterocycles. The van der Waals surface area contributed by atoms with E-state index in [1.54, 1.807) is 0 Å². The van der Waals surface area contributed by atoms with Gasteiger partial charge in [-0.05, 0) is 11.6 Å². The first kappa shape index (κ1) is 11.7. The summed E-state index contributed by atoms with van der Waals surface area (Å²) in [6.07, 6.45) is 0. The normalized spacial score (nSPS) is 14.1. The fourth-order valence-electron chi connectivity index (χ4n) is 1.25. The second-order valence-electron chi connectivity index (χ2n) is 4.15. The average molecular weight is 258 g/mol. The number of hydrogen-bond donors (Lipinski definition) is 2. The molecule has 0 radical (unpaired) electrons. The third-order valence-corrected chi connectivity index (χ3v) is 3.21. The van der Waals surface area contributed by atoms with Gasteiger partial charge >= 0.3 is 0 Å². The molecular formula is C11H16BrNO. The first-order chi connectivity index (χ1) is 6.49. The number of benzene rings is 1. The minimum Gasteiger partial charge on any atom is -0.396 e. The maximum atomic E-state index is 9.22. The van der Waals surface area contributed by atoms with Crippen LogP contribution in [0.5, 0.6) is 0 Å². The molecule has 2 nitrogen and oxygen atoms in total. The lowest BCUT2D eigenvalue weighted by Crippen LogP contribution is -2.32. The number of rotatable bonds is 3. The lowest BCUT2D eigenvalue weighted by atomic mass is 9.82. The van der Waals surface area contributed by atoms with Gasteiger partial charge in [-0.3, -0.25) is 0 Å². The van der Waals surface area contributed by atoms with Gasteiger partial charge in [0.1, 0.15) is 0 Å². The van der Waals surface area contributed by atoms with E-state index < -0.39 is 0 Å². The summed E-state index contributed by atoms with van der Waals surface area (Å²) < 4.78 is 0.994. The second kappa shape index (κ2) is 4.43. The van der Waals surface area contributed by atoms with Crippen molar-refractivity contribution in [3.05, 3.63) is 34.3 Å². The van der Waals surface area contributed by atoms with Crippen molar-refractivity contribution in [2.24, 2.45) is 11.1 Å². The van der Waals surface area contributed by atoms with Crippen molar-refractivity contribution < 1.29 is 5.11 Å². The van der Waals surface area contributed by atoms with Crippen LogP contribution in [0.1, 0.15) is 25.5 Å². The Kier molecular flexibility index (Phi) is 3.70. The summed E-state index contributed by atoms with van der Waals surface area (Å²) in [5, 5.41) is 9.22. The molecule has 14 heavy (non-hydrogen) atoms. The van der Waals surface area contributed by atoms with Gasteiger partial charge in [0.05, 0.1) is 0 Å². The van der Waals surface area contributed by atoms with Crippen molar-refractivity contribution in [2.75, 3.05) is 6.61 Å². The van der Waals surface area contributed by atoms with Crippen molar-refractivity contribution >= 4 is 15.9 Å². The highest BCUT2D eigenvalue weighted by atomic mass is 79.9. The molecule has 0 aliphatic carbocycles. The Morgan fingerprint density at radius 3 is 2.50 bits per heavy atom. The zero-order valence-corrected chi connectivity index (χ0v) is 10.1. The minimum absolute atomic E-state index is 0.0789. The van der Waals surface area contributed by atoms with E-state index in [1.807, 2.05) is 38.1 Å². The first-order valence-electron chi connectivity index (χ1n) is 4.60. The van der Waals surface area contributed by atoms with E-state index in [-0.39, 0.29) is 18.1 Å². The van der Waals surface area contributed by atoms with E-state index in [0.717, 1.165) is 10.0 Å². The molecule has 0 fully saturated rings. The molecule has 78 valence electrons. The number of nitrogens with two attached hydrogens (primary N) is 1. The Bertz CT molecular complexity index is 312. The van der Waals surface area contributed by atoms with Crippen LogP contribution < -0.4 is 5.73 Å². The SMILES string of the molecule is CC(C)(CO)[C@@H](N)c1ccccc1Br. The summed E-state index contributed by atoms with van der Waals surface area (Å²) in [5.74, 6) is 0. The Morgan fingerprint density at radius 2 is 2.00 bits per heavy atom. The molecule has 0 bridgehead atoms. The topological polar surface area (TPSA) is 46.2 Å². The Hall–Kier alpha value is -0.380. The van der Waals surface area contributed by atoms with Crippen LogP contribution in [0.3, 0.4) is 0 Å². The highest BCUT2D eigenvalue weighted by molar-refractivity contribution is 9.10. The predicted octanol–water partition coefficient (Wildman–Crippen LogP) is 2.47. The zero-order chi connectivity index (χ0) is 10.8. The number of aliphatic hydroxyl groups is 1. The molecule has 3 N–H and O–H groups in total. The number of halogens is 1. The number of hydrogen-bond acceptors (Lipinski definition) is 2. The molecule has 0 unspecified atom stereocenters. The van der Waals surface area contributed by atoms with E-state index in [0.29, 0.717) is 0 Å². The van der Waals surface area contributed by atoms with Gasteiger partial charge in [-0.15, -0.1) is 0 Å². The molecule has 1 atom stereocenters. The van der Waals surface area contributed by atoms with Crippen molar-refractivity contribution in [3.8, 4) is 0 Å². The summed E-state index contributed by atoms with van der Waals surface area (Å²) >= 11 is 3.46. The van der Waals surface area contributed by atoms with E-state index in [2.05, 4.69) is 15.9 Å². The van der Waals surface area contributed by atoms with Crippen molar-refractivity contribution in [1.82, 2.24) is 0 Å². The molecule has 0 aliphatic heterocycles. The van der Waals surface area contributed by atoms with Crippen LogP contribution in [0.25, 0.3) is 0 Å². The molecule has 0 spiro atoms. The lowest BCUT2D eigenvalue weighted by Gasteiger charge is -2.30. The molecule has 1 aromatic carbocycles. The molecule has 0 aliphatic rings. The van der Waals surface area contributed by atoms with Crippen LogP contribution in [0, 0.1) is 5.41 Å². The van der Waals surface area contributed by atoms with E-state index in [4.69, 9.17) is 5.73 Å². The standard InChI is InChI=1S/C11H16BrNO/c1-11(2,7-14)10(13)8-5-3-4-6-9(8)12/h3-6,10,14H,7,13H2,1-2H3/t10-/m0/s1. The highest BCUT2D eigenvalue weighted by Crippen LogP contribution is 2.34. The van der Waals surface area contributed by atoms with Crippen molar-refractivity contribution in [1.29, 1.82) is 0 Å². The third-order valence-electron chi connectivity index (χ3n) is 2.49. The number of aliphatic hydroxyl groups excluding tert-OH is 1. The summed E-state index contributed by atoms with van der Waals surface area (Å²) in [6.45, 7) is 3.99. The molecule has 0 aromatic heterocycles. The minimum atomic E-state index is -0.302. The Balaban J connectivity index is 3.00. The fourth-order valence-corrected chi connectivity index (χ4v) is 1.78. The van der Waals surface area contributed by atoms with Gasteiger partial charge in [0.2, 0.25) is 0 Å². The van der Waals surface area contributed by atoms with Gasteiger partial charge in [0.15, 0.2) is 0 Å². The summed E-state index contributed by atoms with van der Waals surface area (Å²) in [4.78, 5) is 0. The van der Waals surface area contributed by atoms with Gasteiger partial charge in [-0.1, -0.05) is 48.0 Å². The van der Waals surface area contributed by atoms with Crippen LogP contribution in [0.2, 0.25) is 0 Å². The molecule has 1 aromatic rings. The van der Waals surface area contributed by atoms with Gasteiger partial charge in [-0.25, -0.2) is 0 Å². The summed E-state index contributed by atoms with van der Waals surface area (Å²) in [6, 6.07) is 7.68. The van der Waals surface area contributed by atoms with Crippen LogP contribution >= 0.6 is 15.9 Å². The van der Waals surface area contributed by atoms with Crippen LogP contribution in [-0.2, 0) is 0 Å². The van der Waals surface area contributed by atoms with E-state index in [9.17, 15) is 5.11 Å². The van der Waals surface area contributed by atoms with Crippen LogP contribution in [-0.4, -0.2) is 11.7 Å². The van der Waals surface area contributed by atoms with Crippen LogP contribution in [0.4, 0.5) is 0 Å². The lowest BCUT2D eigenvalue weighted by molar-refractivity contribution is 0.132. The van der Waals surface area contributed by atoms with Crippen molar-refractivity contribution in [3.63, 3.8) is 0 Å². The predicted molar refractivity (Wildman–Crippen MR) is 61.9 cm³/mol. The molecule has 1 rings (SSSR count). The summed E-state index contributed by atoms with van der Waals surface area (Å²) in [5.41, 5.74) is 6.83. The fraction of sp³-hybridized carbons (Fsp3) is 0.455. The quantitative estimate of drug-likeness (QED) is 0.874. The van der Waals surface area contributed by atoms with Gasteiger partial charge < -0.3 is 10.8 Å². The van der Waals surface area contributed by atoms with Crippen molar-refractivity contribution in [2.45, 2.75) is 19.9 Å². The average Bonchev–Trinajstić information content (AvgIpc) is 2.17. The molecule has 0 saturated heterocycles. The third kappa shape index (κ3) is 2.35. The second-order valence-corrected chi connectivity index (χ2v) is 5.00. The molecular weight excluding hydrogens is 242 g/mol. The highest BCUT2D eigenvalue weighted by Gasteiger charge is 2.27. The van der Waals surface area contributed by atoms with E-state index in [1.165, 1.54) is 0 Å². The Labute approximate surface area is 93.3 Å². The van der Waals surface area contributed by atoms with Gasteiger partial charge in [-0.2, -0.15) is 0 Å². The largest absolute Gasteiger partial charge is 0.396 e. The summed E-state index contributed by atoms with van der Waals surface area (Å²) in [7, 11) is 0. The van der Waals surface area contributed by atoms with Gasteiger partial charge in [0, 0.05) is 22.5 Å². The Morgan fingerprint density at radius 1 is 1.43 bits per heavy atom. The molecule has 3 heteroatoms. The maximum Gasteiger partial charge on any atom is 0.0500 e. The zero-order valence-electron chi connectivity index (χ0n) is 8.50.